The fourth-order valence-corrected chi connectivity index (χ4v) is 1.17. The van der Waals surface area contributed by atoms with E-state index in [4.69, 9.17) is 11.6 Å². The van der Waals surface area contributed by atoms with Crippen molar-refractivity contribution in [1.29, 1.82) is 0 Å². The van der Waals surface area contributed by atoms with Crippen molar-refractivity contribution in [3.8, 4) is 0 Å². The number of hydrogen-bond acceptors (Lipinski definition) is 2. The van der Waals surface area contributed by atoms with E-state index in [0.29, 0.717) is 12.0 Å². The van der Waals surface area contributed by atoms with E-state index < -0.39 is 12.0 Å². The molecule has 5 heteroatoms. The molecule has 0 atom stereocenters. The minimum absolute atomic E-state index is 0.139. The van der Waals surface area contributed by atoms with Crippen molar-refractivity contribution >= 4 is 17.9 Å². The molecule has 0 amide bonds. The fourth-order valence-electron chi connectivity index (χ4n) is 0.930. The summed E-state index contributed by atoms with van der Waals surface area (Å²) in [5.41, 5.74) is -0.308. The zero-order chi connectivity index (χ0) is 10.0. The van der Waals surface area contributed by atoms with E-state index in [2.05, 4.69) is 4.98 Å². The third kappa shape index (κ3) is 1.83. The lowest BCUT2D eigenvalue weighted by atomic mass is 10.1. The van der Waals surface area contributed by atoms with Crippen LogP contribution in [-0.4, -0.2) is 11.3 Å². The molecule has 0 bridgehead atoms. The van der Waals surface area contributed by atoms with Gasteiger partial charge in [-0.15, -0.1) is 0 Å². The van der Waals surface area contributed by atoms with Gasteiger partial charge in [-0.3, -0.25) is 9.78 Å². The van der Waals surface area contributed by atoms with Gasteiger partial charge >= 0.3 is 0 Å². The standard InChI is InChI=1S/C8H6ClF2NO/c1-4-7(9)6(8(10)11)5(3-13)2-12-4/h2-3,8H,1H3. The lowest BCUT2D eigenvalue weighted by Gasteiger charge is -2.07. The number of alkyl halides is 2. The molecular weight excluding hydrogens is 200 g/mol. The maximum absolute atomic E-state index is 12.4. The molecule has 0 saturated carbocycles. The highest BCUT2D eigenvalue weighted by Crippen LogP contribution is 2.30. The monoisotopic (exact) mass is 205 g/mol. The zero-order valence-electron chi connectivity index (χ0n) is 6.72. The van der Waals surface area contributed by atoms with Crippen molar-refractivity contribution in [1.82, 2.24) is 4.98 Å². The summed E-state index contributed by atoms with van der Waals surface area (Å²) in [6.45, 7) is 1.50. The van der Waals surface area contributed by atoms with Crippen LogP contribution in [0.2, 0.25) is 5.02 Å². The number of carbonyl (C=O) groups excluding carboxylic acids is 1. The average molecular weight is 206 g/mol. The topological polar surface area (TPSA) is 30.0 Å². The Hall–Kier alpha value is -1.03. The first-order chi connectivity index (χ1) is 6.07. The van der Waals surface area contributed by atoms with E-state index in [1.54, 1.807) is 0 Å². The number of aryl methyl sites for hydroxylation is 1. The van der Waals surface area contributed by atoms with Crippen LogP contribution in [0.3, 0.4) is 0 Å². The van der Waals surface area contributed by atoms with Gasteiger partial charge in [0.15, 0.2) is 6.29 Å². The summed E-state index contributed by atoms with van der Waals surface area (Å²) in [4.78, 5) is 14.1. The SMILES string of the molecule is Cc1ncc(C=O)c(C(F)F)c1Cl. The van der Waals surface area contributed by atoms with Gasteiger partial charge < -0.3 is 0 Å². The number of hydrogen-bond donors (Lipinski definition) is 0. The molecule has 1 rings (SSSR count). The lowest BCUT2D eigenvalue weighted by molar-refractivity contribution is 0.110. The van der Waals surface area contributed by atoms with E-state index in [0.717, 1.165) is 6.20 Å². The summed E-state index contributed by atoms with van der Waals surface area (Å²) in [5, 5.41) is -0.139. The minimum atomic E-state index is -2.76. The quantitative estimate of drug-likeness (QED) is 0.695. The van der Waals surface area contributed by atoms with Crippen molar-refractivity contribution in [2.24, 2.45) is 0 Å². The number of nitrogens with zero attached hydrogens (tertiary/aromatic N) is 1. The normalized spacial score (nSPS) is 10.5. The third-order valence-electron chi connectivity index (χ3n) is 1.61. The molecule has 0 unspecified atom stereocenters. The summed E-state index contributed by atoms with van der Waals surface area (Å²) < 4.78 is 24.8. The second-order valence-electron chi connectivity index (χ2n) is 2.45. The van der Waals surface area contributed by atoms with Crippen molar-refractivity contribution in [3.05, 3.63) is 28.0 Å². The molecule has 0 saturated heterocycles. The number of pyridine rings is 1. The molecule has 1 aromatic rings. The second-order valence-corrected chi connectivity index (χ2v) is 2.82. The molecule has 1 aromatic heterocycles. The molecule has 0 aromatic carbocycles. The van der Waals surface area contributed by atoms with E-state index in [-0.39, 0.29) is 10.6 Å². The van der Waals surface area contributed by atoms with Gasteiger partial charge in [-0.2, -0.15) is 0 Å². The van der Waals surface area contributed by atoms with E-state index in [9.17, 15) is 13.6 Å². The Bertz CT molecular complexity index is 341. The summed E-state index contributed by atoms with van der Waals surface area (Å²) in [7, 11) is 0. The lowest BCUT2D eigenvalue weighted by Crippen LogP contribution is -1.98. The third-order valence-corrected chi connectivity index (χ3v) is 2.08. The van der Waals surface area contributed by atoms with Crippen molar-refractivity contribution < 1.29 is 13.6 Å². The summed E-state index contributed by atoms with van der Waals surface area (Å²) >= 11 is 5.57. The van der Waals surface area contributed by atoms with Gasteiger partial charge in [0.1, 0.15) is 0 Å². The first-order valence-corrected chi connectivity index (χ1v) is 3.84. The molecule has 0 aliphatic heterocycles. The molecule has 2 nitrogen and oxygen atoms in total. The molecule has 0 fully saturated rings. The van der Waals surface area contributed by atoms with Crippen LogP contribution in [0.15, 0.2) is 6.20 Å². The summed E-state index contributed by atoms with van der Waals surface area (Å²) in [6, 6.07) is 0. The largest absolute Gasteiger partial charge is 0.298 e. The van der Waals surface area contributed by atoms with Crippen LogP contribution in [0.4, 0.5) is 8.78 Å². The number of carbonyl (C=O) groups is 1. The minimum Gasteiger partial charge on any atom is -0.298 e. The van der Waals surface area contributed by atoms with Crippen LogP contribution in [0, 0.1) is 6.92 Å². The highest BCUT2D eigenvalue weighted by atomic mass is 35.5. The summed E-state index contributed by atoms with van der Waals surface area (Å²) in [5.74, 6) is 0. The Morgan fingerprint density at radius 1 is 1.62 bits per heavy atom. The maximum Gasteiger partial charge on any atom is 0.266 e. The molecule has 0 radical (unpaired) electrons. The first-order valence-electron chi connectivity index (χ1n) is 3.46. The van der Waals surface area contributed by atoms with E-state index >= 15 is 0 Å². The van der Waals surface area contributed by atoms with Gasteiger partial charge in [0, 0.05) is 11.8 Å². The Labute approximate surface area is 78.5 Å². The fraction of sp³-hybridized carbons (Fsp3) is 0.250. The maximum atomic E-state index is 12.4. The molecule has 70 valence electrons. The van der Waals surface area contributed by atoms with Crippen LogP contribution in [0.25, 0.3) is 0 Å². The predicted molar refractivity (Wildman–Crippen MR) is 44.3 cm³/mol. The molecular formula is C8H6ClF2NO. The van der Waals surface area contributed by atoms with Crippen LogP contribution in [0.1, 0.15) is 28.0 Å². The van der Waals surface area contributed by atoms with E-state index in [1.165, 1.54) is 6.92 Å². The average Bonchev–Trinajstić information content (AvgIpc) is 2.08. The Morgan fingerprint density at radius 3 is 2.69 bits per heavy atom. The number of rotatable bonds is 2. The van der Waals surface area contributed by atoms with Crippen LogP contribution < -0.4 is 0 Å². The highest BCUT2D eigenvalue weighted by Gasteiger charge is 2.18. The number of aromatic nitrogens is 1. The Balaban J connectivity index is 3.41. The van der Waals surface area contributed by atoms with Gasteiger partial charge in [0.05, 0.1) is 16.3 Å². The highest BCUT2D eigenvalue weighted by molar-refractivity contribution is 6.32. The number of halogens is 3. The van der Waals surface area contributed by atoms with Crippen molar-refractivity contribution in [2.75, 3.05) is 0 Å². The number of aldehydes is 1. The van der Waals surface area contributed by atoms with Gasteiger partial charge in [0.25, 0.3) is 6.43 Å². The first kappa shape index (κ1) is 10.1. The van der Waals surface area contributed by atoms with Crippen molar-refractivity contribution in [3.63, 3.8) is 0 Å². The van der Waals surface area contributed by atoms with Crippen LogP contribution in [0.5, 0.6) is 0 Å². The zero-order valence-corrected chi connectivity index (χ0v) is 7.48. The van der Waals surface area contributed by atoms with E-state index in [1.807, 2.05) is 0 Å². The molecule has 1 heterocycles. The van der Waals surface area contributed by atoms with Gasteiger partial charge in [-0.05, 0) is 6.92 Å². The van der Waals surface area contributed by atoms with Gasteiger partial charge in [0.2, 0.25) is 0 Å². The Morgan fingerprint density at radius 2 is 2.23 bits per heavy atom. The van der Waals surface area contributed by atoms with Crippen molar-refractivity contribution in [2.45, 2.75) is 13.3 Å². The Kier molecular flexibility index (Phi) is 2.93. The smallest absolute Gasteiger partial charge is 0.266 e. The van der Waals surface area contributed by atoms with Gasteiger partial charge in [-0.25, -0.2) is 8.78 Å². The predicted octanol–water partition coefficient (Wildman–Crippen LogP) is 2.79. The molecule has 0 aliphatic carbocycles. The molecule has 0 spiro atoms. The van der Waals surface area contributed by atoms with Crippen LogP contribution in [-0.2, 0) is 0 Å². The molecule has 0 aliphatic rings. The second kappa shape index (κ2) is 3.79. The summed E-state index contributed by atoms with van der Waals surface area (Å²) in [6.07, 6.45) is -1.34. The van der Waals surface area contributed by atoms with Crippen LogP contribution >= 0.6 is 11.6 Å². The molecule has 13 heavy (non-hydrogen) atoms. The van der Waals surface area contributed by atoms with Gasteiger partial charge in [-0.1, -0.05) is 11.6 Å². The molecule has 0 N–H and O–H groups in total.